The summed E-state index contributed by atoms with van der Waals surface area (Å²) in [6, 6.07) is 0. The highest BCUT2D eigenvalue weighted by atomic mass is 32.2. The van der Waals surface area contributed by atoms with Crippen molar-refractivity contribution in [2.75, 3.05) is 24.7 Å². The van der Waals surface area contributed by atoms with Crippen molar-refractivity contribution in [2.24, 2.45) is 5.92 Å². The quantitative estimate of drug-likeness (QED) is 0.626. The second-order valence-corrected chi connectivity index (χ2v) is 4.83. The molecule has 0 aromatic rings. The first-order valence-electron chi connectivity index (χ1n) is 5.31. The Bertz CT molecular complexity index is 172. The van der Waals surface area contributed by atoms with Crippen LogP contribution in [0.3, 0.4) is 0 Å². The number of hydrogen-bond acceptors (Lipinski definition) is 3. The summed E-state index contributed by atoms with van der Waals surface area (Å²) in [5.74, 6) is 2.48. The number of aliphatic hydroxyl groups excluding tert-OH is 1. The minimum Gasteiger partial charge on any atom is -0.396 e. The van der Waals surface area contributed by atoms with Gasteiger partial charge in [0.05, 0.1) is 0 Å². The third-order valence-corrected chi connectivity index (χ3v) is 3.54. The molecule has 1 saturated carbocycles. The summed E-state index contributed by atoms with van der Waals surface area (Å²) >= 11 is 1.78. The van der Waals surface area contributed by atoms with Crippen molar-refractivity contribution >= 4 is 17.7 Å². The van der Waals surface area contributed by atoms with Crippen LogP contribution in [0.1, 0.15) is 25.7 Å². The third-order valence-electron chi connectivity index (χ3n) is 2.47. The number of rotatable bonds is 7. The summed E-state index contributed by atoms with van der Waals surface area (Å²) in [6.07, 6.45) is 4.21. The number of carbonyl (C=O) groups is 1. The summed E-state index contributed by atoms with van der Waals surface area (Å²) in [7, 11) is 0. The molecular weight excluding hydrogens is 198 g/mol. The van der Waals surface area contributed by atoms with E-state index in [-0.39, 0.29) is 12.5 Å². The van der Waals surface area contributed by atoms with E-state index in [2.05, 4.69) is 5.32 Å². The molecule has 0 unspecified atom stereocenters. The van der Waals surface area contributed by atoms with Gasteiger partial charge in [-0.25, -0.2) is 0 Å². The first-order chi connectivity index (χ1) is 6.84. The van der Waals surface area contributed by atoms with Crippen molar-refractivity contribution in [1.82, 2.24) is 5.32 Å². The maximum Gasteiger partial charge on any atom is 0.223 e. The Morgan fingerprint density at radius 1 is 1.43 bits per heavy atom. The van der Waals surface area contributed by atoms with Crippen LogP contribution in [-0.4, -0.2) is 35.7 Å². The first-order valence-corrected chi connectivity index (χ1v) is 6.46. The van der Waals surface area contributed by atoms with Gasteiger partial charge in [-0.2, -0.15) is 11.8 Å². The van der Waals surface area contributed by atoms with Crippen LogP contribution in [0.4, 0.5) is 0 Å². The smallest absolute Gasteiger partial charge is 0.223 e. The maximum absolute atomic E-state index is 11.4. The molecule has 4 heteroatoms. The van der Waals surface area contributed by atoms with Gasteiger partial charge in [0, 0.05) is 24.8 Å². The highest BCUT2D eigenvalue weighted by molar-refractivity contribution is 7.99. The maximum atomic E-state index is 11.4. The van der Waals surface area contributed by atoms with Crippen LogP contribution in [-0.2, 0) is 4.79 Å². The molecule has 14 heavy (non-hydrogen) atoms. The molecule has 82 valence electrons. The second-order valence-electron chi connectivity index (χ2n) is 3.61. The fourth-order valence-electron chi connectivity index (χ4n) is 1.33. The molecule has 3 nitrogen and oxygen atoms in total. The molecule has 0 aliphatic heterocycles. The fraction of sp³-hybridized carbons (Fsp3) is 0.900. The van der Waals surface area contributed by atoms with Gasteiger partial charge in [-0.15, -0.1) is 0 Å². The standard InChI is InChI=1S/C10H19NO2S/c12-6-2-7-14-8-5-11-10(13)9-3-1-4-9/h9,12H,1-8H2,(H,11,13). The monoisotopic (exact) mass is 217 g/mol. The minimum atomic E-state index is 0.235. The predicted molar refractivity (Wildman–Crippen MR) is 59.4 cm³/mol. The van der Waals surface area contributed by atoms with Gasteiger partial charge in [-0.3, -0.25) is 4.79 Å². The third kappa shape index (κ3) is 4.33. The number of hydrogen-bond donors (Lipinski definition) is 2. The Morgan fingerprint density at radius 2 is 2.21 bits per heavy atom. The van der Waals surface area contributed by atoms with Crippen LogP contribution in [0.25, 0.3) is 0 Å². The zero-order valence-electron chi connectivity index (χ0n) is 8.50. The molecule has 1 amide bonds. The van der Waals surface area contributed by atoms with Crippen molar-refractivity contribution in [3.05, 3.63) is 0 Å². The number of carbonyl (C=O) groups excluding carboxylic acids is 1. The Morgan fingerprint density at radius 3 is 2.79 bits per heavy atom. The van der Waals surface area contributed by atoms with Crippen LogP contribution in [0.15, 0.2) is 0 Å². The van der Waals surface area contributed by atoms with Crippen molar-refractivity contribution in [3.8, 4) is 0 Å². The average molecular weight is 217 g/mol. The van der Waals surface area contributed by atoms with E-state index in [1.165, 1.54) is 6.42 Å². The SMILES string of the molecule is O=C(NCCSCCCO)C1CCC1. The molecule has 0 atom stereocenters. The lowest BCUT2D eigenvalue weighted by molar-refractivity contribution is -0.127. The lowest BCUT2D eigenvalue weighted by Gasteiger charge is -2.23. The Labute approximate surface area is 89.6 Å². The largest absolute Gasteiger partial charge is 0.396 e. The number of nitrogens with one attached hydrogen (secondary N) is 1. The van der Waals surface area contributed by atoms with Gasteiger partial charge in [0.2, 0.25) is 5.91 Å². The summed E-state index contributed by atoms with van der Waals surface area (Å²) in [4.78, 5) is 11.4. The van der Waals surface area contributed by atoms with Crippen LogP contribution >= 0.6 is 11.8 Å². The van der Waals surface area contributed by atoms with Gasteiger partial charge in [0.25, 0.3) is 0 Å². The summed E-state index contributed by atoms with van der Waals surface area (Å²) < 4.78 is 0. The van der Waals surface area contributed by atoms with Gasteiger partial charge >= 0.3 is 0 Å². The molecule has 0 saturated heterocycles. The lowest BCUT2D eigenvalue weighted by atomic mass is 9.85. The molecule has 0 radical (unpaired) electrons. The van der Waals surface area contributed by atoms with Crippen LogP contribution in [0, 0.1) is 5.92 Å². The number of aliphatic hydroxyl groups is 1. The molecule has 0 bridgehead atoms. The van der Waals surface area contributed by atoms with E-state index < -0.39 is 0 Å². The van der Waals surface area contributed by atoms with Gasteiger partial charge in [0.1, 0.15) is 0 Å². The van der Waals surface area contributed by atoms with E-state index in [1.54, 1.807) is 11.8 Å². The zero-order valence-corrected chi connectivity index (χ0v) is 9.31. The van der Waals surface area contributed by atoms with Crippen molar-refractivity contribution in [3.63, 3.8) is 0 Å². The van der Waals surface area contributed by atoms with E-state index in [0.717, 1.165) is 37.3 Å². The summed E-state index contributed by atoms with van der Waals surface area (Å²) in [6.45, 7) is 1.03. The fourth-order valence-corrected chi connectivity index (χ4v) is 2.11. The number of amides is 1. The number of thioether (sulfide) groups is 1. The summed E-state index contributed by atoms with van der Waals surface area (Å²) in [5.41, 5.74) is 0. The zero-order chi connectivity index (χ0) is 10.2. The molecule has 0 aromatic carbocycles. The molecule has 0 spiro atoms. The Kier molecular flexibility index (Phi) is 6.03. The predicted octanol–water partition coefficient (Wildman–Crippen LogP) is 1.02. The minimum absolute atomic E-state index is 0.235. The molecular formula is C10H19NO2S. The van der Waals surface area contributed by atoms with Crippen LogP contribution < -0.4 is 5.32 Å². The van der Waals surface area contributed by atoms with E-state index in [0.29, 0.717) is 5.92 Å². The molecule has 1 aliphatic carbocycles. The molecule has 1 fully saturated rings. The highest BCUT2D eigenvalue weighted by Gasteiger charge is 2.24. The van der Waals surface area contributed by atoms with Crippen molar-refractivity contribution in [2.45, 2.75) is 25.7 Å². The van der Waals surface area contributed by atoms with Crippen molar-refractivity contribution in [1.29, 1.82) is 0 Å². The Balaban J connectivity index is 1.85. The van der Waals surface area contributed by atoms with E-state index in [9.17, 15) is 4.79 Å². The average Bonchev–Trinajstić information content (AvgIpc) is 2.08. The van der Waals surface area contributed by atoms with E-state index in [4.69, 9.17) is 5.11 Å². The molecule has 0 heterocycles. The molecule has 1 rings (SSSR count). The lowest BCUT2D eigenvalue weighted by Crippen LogP contribution is -2.35. The summed E-state index contributed by atoms with van der Waals surface area (Å²) in [5, 5.41) is 11.5. The topological polar surface area (TPSA) is 49.3 Å². The first kappa shape index (κ1) is 11.9. The van der Waals surface area contributed by atoms with E-state index >= 15 is 0 Å². The van der Waals surface area contributed by atoms with Crippen molar-refractivity contribution < 1.29 is 9.90 Å². The normalized spacial score (nSPS) is 16.4. The van der Waals surface area contributed by atoms with Gasteiger partial charge in [-0.05, 0) is 25.0 Å². The highest BCUT2D eigenvalue weighted by Crippen LogP contribution is 2.25. The van der Waals surface area contributed by atoms with Crippen LogP contribution in [0.5, 0.6) is 0 Å². The molecule has 2 N–H and O–H groups in total. The molecule has 0 aromatic heterocycles. The Hall–Kier alpha value is -0.220. The molecule has 1 aliphatic rings. The van der Waals surface area contributed by atoms with E-state index in [1.807, 2.05) is 0 Å². The van der Waals surface area contributed by atoms with Gasteiger partial charge in [0.15, 0.2) is 0 Å². The van der Waals surface area contributed by atoms with Gasteiger partial charge < -0.3 is 10.4 Å². The van der Waals surface area contributed by atoms with Gasteiger partial charge in [-0.1, -0.05) is 6.42 Å². The van der Waals surface area contributed by atoms with Crippen LogP contribution in [0.2, 0.25) is 0 Å². The second kappa shape index (κ2) is 7.12.